The highest BCUT2D eigenvalue weighted by atomic mass is 15.2. The number of anilines is 1. The Kier molecular flexibility index (Phi) is 2.56. The van der Waals surface area contributed by atoms with E-state index in [0.717, 1.165) is 18.5 Å². The van der Waals surface area contributed by atoms with Gasteiger partial charge in [0.15, 0.2) is 0 Å². The Morgan fingerprint density at radius 1 is 1.50 bits per heavy atom. The van der Waals surface area contributed by atoms with Crippen LogP contribution >= 0.6 is 0 Å². The first kappa shape index (κ1) is 10.1. The molecule has 2 atom stereocenters. The van der Waals surface area contributed by atoms with Gasteiger partial charge in [-0.3, -0.25) is 0 Å². The summed E-state index contributed by atoms with van der Waals surface area (Å²) in [5.41, 5.74) is 1.33. The summed E-state index contributed by atoms with van der Waals surface area (Å²) in [5.74, 6) is 2.14. The Morgan fingerprint density at radius 3 is 3.12 bits per heavy atom. The van der Waals surface area contributed by atoms with Gasteiger partial charge in [-0.05, 0) is 38.3 Å². The highest BCUT2D eigenvalue weighted by Gasteiger charge is 2.38. The minimum atomic E-state index is 0.760. The van der Waals surface area contributed by atoms with Crippen LogP contribution in [0.2, 0.25) is 0 Å². The third kappa shape index (κ3) is 1.59. The average molecular weight is 217 g/mol. The zero-order chi connectivity index (χ0) is 11.0. The van der Waals surface area contributed by atoms with Crippen LogP contribution in [0.3, 0.4) is 0 Å². The molecule has 1 aliphatic carbocycles. The second-order valence-electron chi connectivity index (χ2n) is 5.00. The predicted octanol–water partition coefficient (Wildman–Crippen LogP) is 1.79. The van der Waals surface area contributed by atoms with Crippen molar-refractivity contribution in [2.24, 2.45) is 5.92 Å². The summed E-state index contributed by atoms with van der Waals surface area (Å²) < 4.78 is 0. The summed E-state index contributed by atoms with van der Waals surface area (Å²) in [6.07, 6.45) is 6.09. The molecule has 3 rings (SSSR count). The van der Waals surface area contributed by atoms with Crippen molar-refractivity contribution in [3.63, 3.8) is 0 Å². The van der Waals surface area contributed by atoms with Gasteiger partial charge in [0.05, 0.1) is 0 Å². The predicted molar refractivity (Wildman–Crippen MR) is 65.5 cm³/mol. The Bertz CT molecular complexity index is 377. The molecular formula is C13H19N3. The third-order valence-corrected chi connectivity index (χ3v) is 3.92. The molecule has 1 saturated carbocycles. The number of rotatable bonds is 3. The molecule has 1 saturated heterocycles. The van der Waals surface area contributed by atoms with Gasteiger partial charge in [-0.1, -0.05) is 6.07 Å². The Balaban J connectivity index is 1.88. The van der Waals surface area contributed by atoms with E-state index in [1.54, 1.807) is 0 Å². The van der Waals surface area contributed by atoms with Gasteiger partial charge in [0, 0.05) is 30.9 Å². The van der Waals surface area contributed by atoms with Crippen LogP contribution in [0.5, 0.6) is 0 Å². The molecule has 1 aromatic heterocycles. The van der Waals surface area contributed by atoms with Crippen molar-refractivity contribution >= 4 is 5.82 Å². The lowest BCUT2D eigenvalue weighted by Gasteiger charge is -2.29. The SMILES string of the molecule is CNCc1cccnc1N1CC2CCC1C2. The normalized spacial score (nSPS) is 27.7. The van der Waals surface area contributed by atoms with Crippen LogP contribution < -0.4 is 10.2 Å². The quantitative estimate of drug-likeness (QED) is 0.836. The summed E-state index contributed by atoms with van der Waals surface area (Å²) in [4.78, 5) is 7.11. The first-order chi connectivity index (χ1) is 7.88. The highest BCUT2D eigenvalue weighted by molar-refractivity contribution is 5.49. The number of fused-ring (bicyclic) bond motifs is 2. The molecule has 2 fully saturated rings. The maximum absolute atomic E-state index is 4.58. The van der Waals surface area contributed by atoms with Gasteiger partial charge >= 0.3 is 0 Å². The minimum Gasteiger partial charge on any atom is -0.353 e. The molecule has 2 aliphatic rings. The molecule has 16 heavy (non-hydrogen) atoms. The highest BCUT2D eigenvalue weighted by Crippen LogP contribution is 2.40. The van der Waals surface area contributed by atoms with Crippen LogP contribution in [0, 0.1) is 5.92 Å². The van der Waals surface area contributed by atoms with Crippen LogP contribution in [0.4, 0.5) is 5.82 Å². The van der Waals surface area contributed by atoms with Gasteiger partial charge in [0.25, 0.3) is 0 Å². The Labute approximate surface area is 96.9 Å². The van der Waals surface area contributed by atoms with Crippen LogP contribution in [0.15, 0.2) is 18.3 Å². The van der Waals surface area contributed by atoms with Crippen molar-refractivity contribution in [2.45, 2.75) is 31.8 Å². The fraction of sp³-hybridized carbons (Fsp3) is 0.615. The summed E-state index contributed by atoms with van der Waals surface area (Å²) in [7, 11) is 1.99. The average Bonchev–Trinajstić information content (AvgIpc) is 2.92. The lowest BCUT2D eigenvalue weighted by atomic mass is 10.1. The molecular weight excluding hydrogens is 198 g/mol. The summed E-state index contributed by atoms with van der Waals surface area (Å²) in [5, 5.41) is 3.23. The van der Waals surface area contributed by atoms with Gasteiger partial charge in [0.1, 0.15) is 5.82 Å². The topological polar surface area (TPSA) is 28.2 Å². The first-order valence-corrected chi connectivity index (χ1v) is 6.23. The number of nitrogens with zero attached hydrogens (tertiary/aromatic N) is 2. The van der Waals surface area contributed by atoms with Crippen LogP contribution in [-0.4, -0.2) is 24.6 Å². The summed E-state index contributed by atoms with van der Waals surface area (Å²) in [6.45, 7) is 2.13. The molecule has 0 aromatic carbocycles. The molecule has 1 N–H and O–H groups in total. The van der Waals surface area contributed by atoms with E-state index in [9.17, 15) is 0 Å². The maximum atomic E-state index is 4.58. The molecule has 3 heteroatoms. The van der Waals surface area contributed by atoms with E-state index in [2.05, 4.69) is 21.3 Å². The monoisotopic (exact) mass is 217 g/mol. The largest absolute Gasteiger partial charge is 0.353 e. The molecule has 1 aromatic rings. The van der Waals surface area contributed by atoms with Crippen LogP contribution in [0.25, 0.3) is 0 Å². The second kappa shape index (κ2) is 4.06. The fourth-order valence-electron chi connectivity index (χ4n) is 3.20. The number of aromatic nitrogens is 1. The van der Waals surface area contributed by atoms with Gasteiger partial charge < -0.3 is 10.2 Å². The van der Waals surface area contributed by atoms with Crippen LogP contribution in [0.1, 0.15) is 24.8 Å². The van der Waals surface area contributed by atoms with E-state index >= 15 is 0 Å². The van der Waals surface area contributed by atoms with Crippen molar-refractivity contribution in [2.75, 3.05) is 18.5 Å². The molecule has 0 spiro atoms. The maximum Gasteiger partial charge on any atom is 0.133 e. The van der Waals surface area contributed by atoms with Crippen molar-refractivity contribution in [1.29, 1.82) is 0 Å². The molecule has 2 bridgehead atoms. The Morgan fingerprint density at radius 2 is 2.44 bits per heavy atom. The van der Waals surface area contributed by atoms with Gasteiger partial charge in [-0.15, -0.1) is 0 Å². The number of piperidine rings is 1. The van der Waals surface area contributed by atoms with Gasteiger partial charge in [-0.25, -0.2) is 4.98 Å². The first-order valence-electron chi connectivity index (χ1n) is 6.23. The number of pyridine rings is 1. The number of hydrogen-bond donors (Lipinski definition) is 1. The molecule has 0 amide bonds. The molecule has 1 aliphatic heterocycles. The smallest absolute Gasteiger partial charge is 0.133 e. The summed E-state index contributed by atoms with van der Waals surface area (Å²) >= 11 is 0. The number of nitrogens with one attached hydrogen (secondary N) is 1. The van der Waals surface area contributed by atoms with Crippen molar-refractivity contribution < 1.29 is 0 Å². The zero-order valence-electron chi connectivity index (χ0n) is 9.82. The van der Waals surface area contributed by atoms with Gasteiger partial charge in [0.2, 0.25) is 0 Å². The van der Waals surface area contributed by atoms with Crippen molar-refractivity contribution in [1.82, 2.24) is 10.3 Å². The second-order valence-corrected chi connectivity index (χ2v) is 5.00. The van der Waals surface area contributed by atoms with E-state index in [4.69, 9.17) is 0 Å². The van der Waals surface area contributed by atoms with Gasteiger partial charge in [-0.2, -0.15) is 0 Å². The van der Waals surface area contributed by atoms with Crippen molar-refractivity contribution in [3.8, 4) is 0 Å². The van der Waals surface area contributed by atoms with Crippen molar-refractivity contribution in [3.05, 3.63) is 23.9 Å². The summed E-state index contributed by atoms with van der Waals surface area (Å²) in [6, 6.07) is 4.98. The van der Waals surface area contributed by atoms with Crippen LogP contribution in [-0.2, 0) is 6.54 Å². The number of hydrogen-bond acceptors (Lipinski definition) is 3. The molecule has 86 valence electrons. The van der Waals surface area contributed by atoms with E-state index in [-0.39, 0.29) is 0 Å². The lowest BCUT2D eigenvalue weighted by molar-refractivity contribution is 0.548. The molecule has 2 unspecified atom stereocenters. The van der Waals surface area contributed by atoms with E-state index in [0.29, 0.717) is 0 Å². The molecule has 0 radical (unpaired) electrons. The van der Waals surface area contributed by atoms with E-state index in [1.165, 1.54) is 37.2 Å². The molecule has 2 heterocycles. The molecule has 3 nitrogen and oxygen atoms in total. The Hall–Kier alpha value is -1.09. The fourth-order valence-corrected chi connectivity index (χ4v) is 3.20. The third-order valence-electron chi connectivity index (χ3n) is 3.92. The van der Waals surface area contributed by atoms with E-state index < -0.39 is 0 Å². The minimum absolute atomic E-state index is 0.760. The lowest BCUT2D eigenvalue weighted by Crippen LogP contribution is -2.33. The standard InChI is InChI=1S/C13H19N3/c1-14-8-11-3-2-6-15-13(11)16-9-10-4-5-12(16)7-10/h2-3,6,10,12,14H,4-5,7-9H2,1H3. The van der Waals surface area contributed by atoms with E-state index in [1.807, 2.05) is 19.3 Å². The zero-order valence-corrected chi connectivity index (χ0v) is 9.82.